The third-order valence-electron chi connectivity index (χ3n) is 4.23. The van der Waals surface area contributed by atoms with Crippen LogP contribution < -0.4 is 4.74 Å². The van der Waals surface area contributed by atoms with Crippen molar-refractivity contribution in [2.45, 2.75) is 6.61 Å². The summed E-state index contributed by atoms with van der Waals surface area (Å²) >= 11 is 9.54. The Hall–Kier alpha value is -2.89. The SMILES string of the molecule is O=C1OC(c2cccc(Br)c2)=N/C1=C\c1ccc(OCc2ccccc2Cl)cc1. The molecule has 1 aliphatic rings. The number of esters is 1. The van der Waals surface area contributed by atoms with Gasteiger partial charge >= 0.3 is 5.97 Å². The first-order valence-corrected chi connectivity index (χ1v) is 10.0. The molecule has 6 heteroatoms. The van der Waals surface area contributed by atoms with E-state index in [0.717, 1.165) is 21.2 Å². The number of benzene rings is 3. The van der Waals surface area contributed by atoms with Crippen molar-refractivity contribution < 1.29 is 14.3 Å². The first-order valence-electron chi connectivity index (χ1n) is 8.83. The van der Waals surface area contributed by atoms with Crippen LogP contribution in [0, 0.1) is 0 Å². The van der Waals surface area contributed by atoms with Crippen LogP contribution in [-0.4, -0.2) is 11.9 Å². The lowest BCUT2D eigenvalue weighted by Crippen LogP contribution is -2.05. The first kappa shape index (κ1) is 19.4. The van der Waals surface area contributed by atoms with Gasteiger partial charge in [0.25, 0.3) is 0 Å². The summed E-state index contributed by atoms with van der Waals surface area (Å²) < 4.78 is 12.0. The van der Waals surface area contributed by atoms with Crippen molar-refractivity contribution in [1.29, 1.82) is 0 Å². The molecule has 29 heavy (non-hydrogen) atoms. The Morgan fingerprint density at radius 1 is 1.03 bits per heavy atom. The molecule has 0 N–H and O–H groups in total. The zero-order valence-corrected chi connectivity index (χ0v) is 17.5. The van der Waals surface area contributed by atoms with Crippen molar-refractivity contribution in [2.24, 2.45) is 4.99 Å². The third-order valence-corrected chi connectivity index (χ3v) is 5.09. The summed E-state index contributed by atoms with van der Waals surface area (Å²) in [7, 11) is 0. The van der Waals surface area contributed by atoms with Crippen molar-refractivity contribution in [3.05, 3.63) is 105 Å². The van der Waals surface area contributed by atoms with Crippen LogP contribution in [0.5, 0.6) is 5.75 Å². The van der Waals surface area contributed by atoms with Gasteiger partial charge < -0.3 is 9.47 Å². The average molecular weight is 469 g/mol. The molecule has 1 heterocycles. The fourth-order valence-electron chi connectivity index (χ4n) is 2.75. The second-order valence-electron chi connectivity index (χ2n) is 6.30. The highest BCUT2D eigenvalue weighted by molar-refractivity contribution is 9.10. The van der Waals surface area contributed by atoms with E-state index in [-0.39, 0.29) is 5.70 Å². The number of hydrogen-bond acceptors (Lipinski definition) is 4. The summed E-state index contributed by atoms with van der Waals surface area (Å²) in [6.45, 7) is 0.382. The molecule has 0 saturated heterocycles. The number of aliphatic imine (C=N–C) groups is 1. The van der Waals surface area contributed by atoms with Crippen molar-refractivity contribution in [3.63, 3.8) is 0 Å². The van der Waals surface area contributed by atoms with E-state index in [1.54, 1.807) is 6.08 Å². The number of carbonyl (C=O) groups excluding carboxylic acids is 1. The molecule has 0 unspecified atom stereocenters. The number of halogens is 2. The highest BCUT2D eigenvalue weighted by atomic mass is 79.9. The lowest BCUT2D eigenvalue weighted by Gasteiger charge is -2.07. The van der Waals surface area contributed by atoms with Gasteiger partial charge in [0.1, 0.15) is 12.4 Å². The molecular weight excluding hydrogens is 454 g/mol. The predicted molar refractivity (Wildman–Crippen MR) is 117 cm³/mol. The largest absolute Gasteiger partial charge is 0.489 e. The van der Waals surface area contributed by atoms with Gasteiger partial charge in [0.15, 0.2) is 5.70 Å². The van der Waals surface area contributed by atoms with Gasteiger partial charge in [-0.25, -0.2) is 9.79 Å². The number of rotatable bonds is 5. The number of cyclic esters (lactones) is 1. The molecule has 0 amide bonds. The van der Waals surface area contributed by atoms with E-state index in [4.69, 9.17) is 21.1 Å². The van der Waals surface area contributed by atoms with Crippen LogP contribution in [0.3, 0.4) is 0 Å². The standard InChI is InChI=1S/C23H15BrClNO3/c24-18-6-3-5-16(13-18)22-26-21(23(27)29-22)12-15-8-10-19(11-9-15)28-14-17-4-1-2-7-20(17)25/h1-13H,14H2/b21-12-. The van der Waals surface area contributed by atoms with Gasteiger partial charge in [0, 0.05) is 20.6 Å². The minimum absolute atomic E-state index is 0.254. The van der Waals surface area contributed by atoms with Gasteiger partial charge in [-0.05, 0) is 48.0 Å². The van der Waals surface area contributed by atoms with Gasteiger partial charge in [0.2, 0.25) is 5.90 Å². The van der Waals surface area contributed by atoms with Crippen molar-refractivity contribution in [2.75, 3.05) is 0 Å². The summed E-state index contributed by atoms with van der Waals surface area (Å²) in [5.74, 6) is 0.528. The van der Waals surface area contributed by atoms with E-state index < -0.39 is 5.97 Å². The molecule has 0 spiro atoms. The monoisotopic (exact) mass is 467 g/mol. The van der Waals surface area contributed by atoms with E-state index in [2.05, 4.69) is 20.9 Å². The molecule has 3 aromatic carbocycles. The molecule has 0 aromatic heterocycles. The minimum atomic E-state index is -0.473. The molecular formula is C23H15BrClNO3. The fourth-order valence-corrected chi connectivity index (χ4v) is 3.34. The van der Waals surface area contributed by atoms with E-state index >= 15 is 0 Å². The molecule has 0 fully saturated rings. The molecule has 4 rings (SSSR count). The van der Waals surface area contributed by atoms with E-state index in [9.17, 15) is 4.79 Å². The summed E-state index contributed by atoms with van der Waals surface area (Å²) in [5.41, 5.74) is 2.73. The second kappa shape index (κ2) is 8.64. The van der Waals surface area contributed by atoms with Crippen LogP contribution >= 0.6 is 27.5 Å². The van der Waals surface area contributed by atoms with Crippen molar-refractivity contribution in [1.82, 2.24) is 0 Å². The van der Waals surface area contributed by atoms with Gasteiger partial charge in [-0.1, -0.05) is 63.9 Å². The van der Waals surface area contributed by atoms with Crippen LogP contribution in [0.25, 0.3) is 6.08 Å². The fraction of sp³-hybridized carbons (Fsp3) is 0.0435. The van der Waals surface area contributed by atoms with Crippen LogP contribution in [0.2, 0.25) is 5.02 Å². The summed E-state index contributed by atoms with van der Waals surface area (Å²) in [4.78, 5) is 16.5. The van der Waals surface area contributed by atoms with Gasteiger partial charge in [-0.15, -0.1) is 0 Å². The molecule has 3 aromatic rings. The van der Waals surface area contributed by atoms with Gasteiger partial charge in [0.05, 0.1) is 0 Å². The Balaban J connectivity index is 1.47. The molecule has 0 radical (unpaired) electrons. The second-order valence-corrected chi connectivity index (χ2v) is 7.62. The van der Waals surface area contributed by atoms with E-state index in [1.165, 1.54) is 0 Å². The normalized spacial score (nSPS) is 14.6. The highest BCUT2D eigenvalue weighted by Gasteiger charge is 2.24. The van der Waals surface area contributed by atoms with E-state index in [1.807, 2.05) is 72.8 Å². The molecule has 4 nitrogen and oxygen atoms in total. The van der Waals surface area contributed by atoms with E-state index in [0.29, 0.717) is 23.3 Å². The Kier molecular flexibility index (Phi) is 5.79. The summed E-state index contributed by atoms with van der Waals surface area (Å²) in [6.07, 6.45) is 1.69. The predicted octanol–water partition coefficient (Wildman–Crippen LogP) is 6.03. The lowest BCUT2D eigenvalue weighted by molar-refractivity contribution is -0.129. The maximum Gasteiger partial charge on any atom is 0.363 e. The average Bonchev–Trinajstić information content (AvgIpc) is 3.09. The number of hydrogen-bond donors (Lipinski definition) is 0. The molecule has 0 saturated carbocycles. The Bertz CT molecular complexity index is 1120. The maximum absolute atomic E-state index is 12.2. The summed E-state index contributed by atoms with van der Waals surface area (Å²) in [6, 6.07) is 22.4. The minimum Gasteiger partial charge on any atom is -0.489 e. The molecule has 144 valence electrons. The zero-order valence-electron chi connectivity index (χ0n) is 15.1. The van der Waals surface area contributed by atoms with Crippen LogP contribution in [0.4, 0.5) is 0 Å². The quantitative estimate of drug-likeness (QED) is 0.339. The first-order chi connectivity index (χ1) is 14.1. The molecule has 0 atom stereocenters. The van der Waals surface area contributed by atoms with Crippen LogP contribution in [-0.2, 0) is 16.1 Å². The Morgan fingerprint density at radius 3 is 2.59 bits per heavy atom. The van der Waals surface area contributed by atoms with Crippen LogP contribution in [0.1, 0.15) is 16.7 Å². The van der Waals surface area contributed by atoms with Gasteiger partial charge in [-0.3, -0.25) is 0 Å². The Labute approximate surface area is 181 Å². The topological polar surface area (TPSA) is 47.9 Å². The maximum atomic E-state index is 12.2. The third kappa shape index (κ3) is 4.75. The smallest absolute Gasteiger partial charge is 0.363 e. The lowest BCUT2D eigenvalue weighted by atomic mass is 10.2. The van der Waals surface area contributed by atoms with Crippen molar-refractivity contribution in [3.8, 4) is 5.75 Å². The molecule has 0 bridgehead atoms. The summed E-state index contributed by atoms with van der Waals surface area (Å²) in [5, 5.41) is 0.674. The number of nitrogens with zero attached hydrogens (tertiary/aromatic N) is 1. The van der Waals surface area contributed by atoms with Crippen molar-refractivity contribution >= 4 is 45.5 Å². The zero-order chi connectivity index (χ0) is 20.2. The van der Waals surface area contributed by atoms with Crippen LogP contribution in [0.15, 0.2) is 88.0 Å². The molecule has 0 aliphatic carbocycles. The van der Waals surface area contributed by atoms with Gasteiger partial charge in [-0.2, -0.15) is 0 Å². The highest BCUT2D eigenvalue weighted by Crippen LogP contribution is 2.23. The number of carbonyl (C=O) groups is 1. The Morgan fingerprint density at radius 2 is 1.83 bits per heavy atom. The molecule has 1 aliphatic heterocycles. The number of ether oxygens (including phenoxy) is 2.